The van der Waals surface area contributed by atoms with Gasteiger partial charge in [-0.1, -0.05) is 48.5 Å². The van der Waals surface area contributed by atoms with Crippen LogP contribution >= 0.6 is 0 Å². The molecule has 2 aliphatic rings. The number of hydrogen-bond acceptors (Lipinski definition) is 5. The van der Waals surface area contributed by atoms with Crippen LogP contribution in [0.2, 0.25) is 0 Å². The number of amides is 2. The number of rotatable bonds is 8. The maximum absolute atomic E-state index is 13.3. The fourth-order valence-corrected chi connectivity index (χ4v) is 5.16. The van der Waals surface area contributed by atoms with Crippen molar-refractivity contribution in [1.82, 2.24) is 10.2 Å². The quantitative estimate of drug-likeness (QED) is 0.598. The van der Waals surface area contributed by atoms with Gasteiger partial charge in [-0.05, 0) is 47.9 Å². The lowest BCUT2D eigenvalue weighted by Gasteiger charge is -2.35. The van der Waals surface area contributed by atoms with E-state index in [-0.39, 0.29) is 30.8 Å². The molecule has 2 aromatic carbocycles. The molecular formula is C27H32N2O6. The Morgan fingerprint density at radius 2 is 1.71 bits per heavy atom. The van der Waals surface area contributed by atoms with E-state index in [9.17, 15) is 14.4 Å². The minimum atomic E-state index is -0.931. The summed E-state index contributed by atoms with van der Waals surface area (Å²) in [6, 6.07) is 15.2. The van der Waals surface area contributed by atoms with Crippen LogP contribution in [0.4, 0.5) is 4.79 Å². The van der Waals surface area contributed by atoms with Crippen molar-refractivity contribution in [3.05, 3.63) is 59.7 Å². The molecule has 3 atom stereocenters. The number of fused-ring (bicyclic) bond motifs is 3. The van der Waals surface area contributed by atoms with Gasteiger partial charge in [0.1, 0.15) is 12.6 Å². The lowest BCUT2D eigenvalue weighted by molar-refractivity contribution is -0.142. The second kappa shape index (κ2) is 10.9. The predicted octanol–water partition coefficient (Wildman–Crippen LogP) is 3.64. The van der Waals surface area contributed by atoms with Gasteiger partial charge in [0, 0.05) is 32.5 Å². The van der Waals surface area contributed by atoms with E-state index < -0.39 is 24.2 Å². The van der Waals surface area contributed by atoms with E-state index in [4.69, 9.17) is 14.6 Å². The Kier molecular flexibility index (Phi) is 7.70. The summed E-state index contributed by atoms with van der Waals surface area (Å²) in [7, 11) is 1.48. The van der Waals surface area contributed by atoms with E-state index >= 15 is 0 Å². The number of carbonyl (C=O) groups excluding carboxylic acids is 2. The van der Waals surface area contributed by atoms with Crippen molar-refractivity contribution in [1.29, 1.82) is 0 Å². The molecule has 35 heavy (non-hydrogen) atoms. The summed E-state index contributed by atoms with van der Waals surface area (Å²) in [5, 5.41) is 11.8. The first-order chi connectivity index (χ1) is 16.9. The summed E-state index contributed by atoms with van der Waals surface area (Å²) in [6.45, 7) is 2.73. The first-order valence-corrected chi connectivity index (χ1v) is 12.0. The second-order valence-corrected chi connectivity index (χ2v) is 9.28. The monoisotopic (exact) mass is 480 g/mol. The first kappa shape index (κ1) is 24.7. The Morgan fingerprint density at radius 3 is 2.31 bits per heavy atom. The van der Waals surface area contributed by atoms with Crippen LogP contribution in [0.25, 0.3) is 11.1 Å². The van der Waals surface area contributed by atoms with Crippen LogP contribution in [-0.4, -0.2) is 66.9 Å². The van der Waals surface area contributed by atoms with Gasteiger partial charge >= 0.3 is 12.1 Å². The molecule has 1 aliphatic carbocycles. The minimum Gasteiger partial charge on any atom is -0.481 e. The number of alkyl carbamates (subject to hydrolysis) is 1. The third-order valence-electron chi connectivity index (χ3n) is 7.02. The standard InChI is InChI=1S/C27H32N2O6/c1-17(34-2)25(26(32)29-13-7-8-18(15-29)14-24(30)31)28-27(33)35-16-23-21-11-5-3-9-19(21)20-10-4-6-12-22(20)23/h3-6,9-12,17-18,23,25H,7-8,13-16H2,1-2H3,(H,28,33)(H,30,31)/t17-,18?,25+/m1/s1. The van der Waals surface area contributed by atoms with Crippen molar-refractivity contribution >= 4 is 18.0 Å². The number of piperidine rings is 1. The Balaban J connectivity index is 1.41. The predicted molar refractivity (Wildman–Crippen MR) is 130 cm³/mol. The summed E-state index contributed by atoms with van der Waals surface area (Å²) in [5.74, 6) is -1.34. The number of carboxylic acids is 1. The Hall–Kier alpha value is -3.39. The molecule has 1 saturated heterocycles. The molecule has 4 rings (SSSR count). The number of likely N-dealkylation sites (tertiary alicyclic amines) is 1. The molecule has 0 saturated carbocycles. The lowest BCUT2D eigenvalue weighted by atomic mass is 9.94. The van der Waals surface area contributed by atoms with Gasteiger partial charge in [-0.15, -0.1) is 0 Å². The second-order valence-electron chi connectivity index (χ2n) is 9.28. The summed E-state index contributed by atoms with van der Waals surface area (Å²) < 4.78 is 11.0. The van der Waals surface area contributed by atoms with Crippen LogP contribution in [0.15, 0.2) is 48.5 Å². The van der Waals surface area contributed by atoms with Gasteiger partial charge in [-0.25, -0.2) is 4.79 Å². The van der Waals surface area contributed by atoms with Crippen LogP contribution < -0.4 is 5.32 Å². The van der Waals surface area contributed by atoms with E-state index in [2.05, 4.69) is 17.4 Å². The van der Waals surface area contributed by atoms with Gasteiger partial charge in [-0.2, -0.15) is 0 Å². The molecular weight excluding hydrogens is 448 g/mol. The molecule has 1 aliphatic heterocycles. The van der Waals surface area contributed by atoms with Crippen molar-refractivity contribution < 1.29 is 29.0 Å². The molecule has 8 nitrogen and oxygen atoms in total. The smallest absolute Gasteiger partial charge is 0.407 e. The average Bonchev–Trinajstić information content (AvgIpc) is 3.18. The zero-order valence-electron chi connectivity index (χ0n) is 20.1. The molecule has 2 aromatic rings. The lowest BCUT2D eigenvalue weighted by Crippen LogP contribution is -2.56. The van der Waals surface area contributed by atoms with Crippen molar-refractivity contribution in [3.8, 4) is 11.1 Å². The molecule has 8 heteroatoms. The highest BCUT2D eigenvalue weighted by Crippen LogP contribution is 2.44. The highest BCUT2D eigenvalue weighted by Gasteiger charge is 2.35. The van der Waals surface area contributed by atoms with Crippen LogP contribution in [0.5, 0.6) is 0 Å². The zero-order chi connectivity index (χ0) is 24.9. The van der Waals surface area contributed by atoms with E-state index in [0.717, 1.165) is 35.1 Å². The number of ether oxygens (including phenoxy) is 2. The number of hydrogen-bond donors (Lipinski definition) is 2. The highest BCUT2D eigenvalue weighted by atomic mass is 16.5. The number of methoxy groups -OCH3 is 1. The highest BCUT2D eigenvalue weighted by molar-refractivity contribution is 5.86. The molecule has 0 radical (unpaired) electrons. The van der Waals surface area contributed by atoms with Gasteiger partial charge in [0.2, 0.25) is 5.91 Å². The molecule has 186 valence electrons. The molecule has 2 amide bonds. The number of nitrogens with zero attached hydrogens (tertiary/aromatic N) is 1. The van der Waals surface area contributed by atoms with Crippen molar-refractivity contribution in [2.24, 2.45) is 5.92 Å². The van der Waals surface area contributed by atoms with Crippen molar-refractivity contribution in [2.75, 3.05) is 26.8 Å². The van der Waals surface area contributed by atoms with Gasteiger partial charge in [0.25, 0.3) is 0 Å². The fourth-order valence-electron chi connectivity index (χ4n) is 5.16. The molecule has 1 unspecified atom stereocenters. The van der Waals surface area contributed by atoms with Gasteiger partial charge in [-0.3, -0.25) is 9.59 Å². The molecule has 0 bridgehead atoms. The Morgan fingerprint density at radius 1 is 1.09 bits per heavy atom. The molecule has 2 N–H and O–H groups in total. The molecule has 1 fully saturated rings. The summed E-state index contributed by atoms with van der Waals surface area (Å²) in [4.78, 5) is 38.8. The maximum atomic E-state index is 13.3. The largest absolute Gasteiger partial charge is 0.481 e. The Bertz CT molecular complexity index is 1040. The third-order valence-corrected chi connectivity index (χ3v) is 7.02. The number of carboxylic acid groups (broad SMARTS) is 1. The normalized spacial score (nSPS) is 18.8. The molecule has 0 spiro atoms. The van der Waals surface area contributed by atoms with Gasteiger partial charge in [0.05, 0.1) is 6.10 Å². The van der Waals surface area contributed by atoms with E-state index in [1.54, 1.807) is 11.8 Å². The summed E-state index contributed by atoms with van der Waals surface area (Å²) >= 11 is 0. The van der Waals surface area contributed by atoms with E-state index in [0.29, 0.717) is 13.1 Å². The van der Waals surface area contributed by atoms with Crippen molar-refractivity contribution in [3.63, 3.8) is 0 Å². The minimum absolute atomic E-state index is 0.0219. The van der Waals surface area contributed by atoms with Crippen LogP contribution in [0, 0.1) is 5.92 Å². The Labute approximate surface area is 205 Å². The number of nitrogens with one attached hydrogen (secondary N) is 1. The average molecular weight is 481 g/mol. The summed E-state index contributed by atoms with van der Waals surface area (Å²) in [5.41, 5.74) is 4.49. The molecule has 1 heterocycles. The van der Waals surface area contributed by atoms with Crippen LogP contribution in [0.1, 0.15) is 43.2 Å². The van der Waals surface area contributed by atoms with E-state index in [1.807, 2.05) is 36.4 Å². The number of aliphatic carboxylic acids is 1. The maximum Gasteiger partial charge on any atom is 0.407 e. The fraction of sp³-hybridized carbons (Fsp3) is 0.444. The van der Waals surface area contributed by atoms with Gasteiger partial charge in [0.15, 0.2) is 0 Å². The van der Waals surface area contributed by atoms with Crippen molar-refractivity contribution in [2.45, 2.75) is 44.2 Å². The van der Waals surface area contributed by atoms with Crippen LogP contribution in [0.3, 0.4) is 0 Å². The van der Waals surface area contributed by atoms with Crippen LogP contribution in [-0.2, 0) is 19.1 Å². The topological polar surface area (TPSA) is 105 Å². The molecule has 0 aromatic heterocycles. The first-order valence-electron chi connectivity index (χ1n) is 12.0. The zero-order valence-corrected chi connectivity index (χ0v) is 20.1. The SMILES string of the molecule is CO[C@H](C)[C@H](NC(=O)OCC1c2ccccc2-c2ccccc21)C(=O)N1CCCC(CC(=O)O)C1. The van der Waals surface area contributed by atoms with E-state index in [1.165, 1.54) is 7.11 Å². The third kappa shape index (κ3) is 5.48. The number of benzene rings is 2. The summed E-state index contributed by atoms with van der Waals surface area (Å²) in [6.07, 6.45) is 0.244. The number of carbonyl (C=O) groups is 3. The van der Waals surface area contributed by atoms with Gasteiger partial charge < -0.3 is 24.8 Å².